The predicted molar refractivity (Wildman–Crippen MR) is 69.8 cm³/mol. The van der Waals surface area contributed by atoms with Crippen molar-refractivity contribution in [3.8, 4) is 0 Å². The van der Waals surface area contributed by atoms with Crippen molar-refractivity contribution in [3.05, 3.63) is 35.9 Å². The molecule has 1 aromatic carbocycles. The number of carbonyl (C=O) groups excluding carboxylic acids is 1. The zero-order chi connectivity index (χ0) is 14.2. The van der Waals surface area contributed by atoms with E-state index in [0.29, 0.717) is 6.61 Å². The van der Waals surface area contributed by atoms with Crippen molar-refractivity contribution in [2.75, 3.05) is 0 Å². The molecule has 2 aliphatic heterocycles. The van der Waals surface area contributed by atoms with Gasteiger partial charge < -0.3 is 23.7 Å². The molecule has 4 atom stereocenters. The Kier molecular flexibility index (Phi) is 3.60. The Morgan fingerprint density at radius 2 is 1.90 bits per heavy atom. The van der Waals surface area contributed by atoms with Crippen molar-refractivity contribution in [1.29, 1.82) is 0 Å². The smallest absolute Gasteiger partial charge is 0.187 e. The maximum absolute atomic E-state index is 11.1. The number of aldehydes is 1. The number of carbonyl (C=O) groups is 1. The van der Waals surface area contributed by atoms with Crippen molar-refractivity contribution in [3.63, 3.8) is 0 Å². The zero-order valence-corrected chi connectivity index (χ0v) is 11.5. The first-order valence-corrected chi connectivity index (χ1v) is 6.71. The van der Waals surface area contributed by atoms with Crippen LogP contribution in [-0.2, 0) is 30.3 Å². The molecule has 0 saturated carbocycles. The molecule has 2 heterocycles. The van der Waals surface area contributed by atoms with E-state index in [0.717, 1.165) is 11.8 Å². The lowest BCUT2D eigenvalue weighted by Crippen LogP contribution is -2.31. The molecule has 2 fully saturated rings. The first-order chi connectivity index (χ1) is 9.59. The summed E-state index contributed by atoms with van der Waals surface area (Å²) < 4.78 is 22.8. The standard InChI is InChI=1S/C15H18O5/c1-15(2)19-12-11(8-16)18-14(13(12)20-15)17-9-10-6-4-3-5-7-10/h3-8,11-14H,9H2,1-2H3/t11-,12-,13-,14+/m1/s1. The maximum atomic E-state index is 11.1. The van der Waals surface area contributed by atoms with Gasteiger partial charge in [-0.3, -0.25) is 0 Å². The quantitative estimate of drug-likeness (QED) is 0.784. The highest BCUT2D eigenvalue weighted by atomic mass is 16.8. The van der Waals surface area contributed by atoms with Crippen LogP contribution in [0, 0.1) is 0 Å². The molecular formula is C15H18O5. The lowest BCUT2D eigenvalue weighted by Gasteiger charge is -2.22. The van der Waals surface area contributed by atoms with Crippen LogP contribution in [0.3, 0.4) is 0 Å². The SMILES string of the molecule is CC1(C)O[C@H]2[C@@H](OCc3ccccc3)O[C@H](C=O)[C@H]2O1. The van der Waals surface area contributed by atoms with Crippen molar-refractivity contribution in [1.82, 2.24) is 0 Å². The van der Waals surface area contributed by atoms with Gasteiger partial charge in [0.1, 0.15) is 18.3 Å². The molecule has 0 unspecified atom stereocenters. The molecular weight excluding hydrogens is 260 g/mol. The number of benzene rings is 1. The van der Waals surface area contributed by atoms with E-state index in [9.17, 15) is 4.79 Å². The van der Waals surface area contributed by atoms with Gasteiger partial charge in [-0.05, 0) is 19.4 Å². The number of hydrogen-bond acceptors (Lipinski definition) is 5. The van der Waals surface area contributed by atoms with Gasteiger partial charge in [0.2, 0.25) is 0 Å². The van der Waals surface area contributed by atoms with E-state index in [2.05, 4.69) is 0 Å². The van der Waals surface area contributed by atoms with Gasteiger partial charge in [-0.2, -0.15) is 0 Å². The Balaban J connectivity index is 1.66. The predicted octanol–water partition coefficient (Wildman–Crippen LogP) is 1.65. The van der Waals surface area contributed by atoms with Crippen molar-refractivity contribution in [2.24, 2.45) is 0 Å². The molecule has 0 N–H and O–H groups in total. The highest BCUT2D eigenvalue weighted by molar-refractivity contribution is 5.58. The third-order valence-electron chi connectivity index (χ3n) is 3.44. The van der Waals surface area contributed by atoms with E-state index in [-0.39, 0.29) is 6.10 Å². The molecule has 0 radical (unpaired) electrons. The van der Waals surface area contributed by atoms with Crippen LogP contribution in [0.15, 0.2) is 30.3 Å². The molecule has 2 saturated heterocycles. The summed E-state index contributed by atoms with van der Waals surface area (Å²) in [6.45, 7) is 4.05. The first kappa shape index (κ1) is 13.7. The summed E-state index contributed by atoms with van der Waals surface area (Å²) in [6.07, 6.45) is -1.25. The third-order valence-corrected chi connectivity index (χ3v) is 3.44. The fourth-order valence-electron chi connectivity index (χ4n) is 2.59. The molecule has 2 aliphatic rings. The minimum atomic E-state index is -0.714. The first-order valence-electron chi connectivity index (χ1n) is 6.71. The molecule has 0 spiro atoms. The van der Waals surface area contributed by atoms with Gasteiger partial charge in [0.15, 0.2) is 18.4 Å². The van der Waals surface area contributed by atoms with E-state index in [1.54, 1.807) is 0 Å². The van der Waals surface area contributed by atoms with Crippen LogP contribution >= 0.6 is 0 Å². The minimum Gasteiger partial charge on any atom is -0.345 e. The topological polar surface area (TPSA) is 54.0 Å². The lowest BCUT2D eigenvalue weighted by molar-refractivity contribution is -0.232. The highest BCUT2D eigenvalue weighted by Gasteiger charge is 2.55. The Morgan fingerprint density at radius 3 is 2.60 bits per heavy atom. The van der Waals surface area contributed by atoms with Gasteiger partial charge in [-0.25, -0.2) is 0 Å². The van der Waals surface area contributed by atoms with Gasteiger partial charge in [-0.1, -0.05) is 30.3 Å². The number of ether oxygens (including phenoxy) is 4. The summed E-state index contributed by atoms with van der Waals surface area (Å²) in [6, 6.07) is 9.79. The summed E-state index contributed by atoms with van der Waals surface area (Å²) in [7, 11) is 0. The molecule has 108 valence electrons. The van der Waals surface area contributed by atoms with Gasteiger partial charge in [0.25, 0.3) is 0 Å². The highest BCUT2D eigenvalue weighted by Crippen LogP contribution is 2.38. The molecule has 1 aromatic rings. The van der Waals surface area contributed by atoms with E-state index < -0.39 is 24.3 Å². The van der Waals surface area contributed by atoms with E-state index >= 15 is 0 Å². The number of rotatable bonds is 4. The molecule has 0 amide bonds. The summed E-state index contributed by atoms with van der Waals surface area (Å²) in [5.41, 5.74) is 1.04. The van der Waals surface area contributed by atoms with Gasteiger partial charge >= 0.3 is 0 Å². The summed E-state index contributed by atoms with van der Waals surface area (Å²) >= 11 is 0. The Hall–Kier alpha value is -1.27. The van der Waals surface area contributed by atoms with Crippen LogP contribution in [0.2, 0.25) is 0 Å². The van der Waals surface area contributed by atoms with Crippen molar-refractivity contribution >= 4 is 6.29 Å². The second kappa shape index (κ2) is 5.26. The molecule has 20 heavy (non-hydrogen) atoms. The molecule has 3 rings (SSSR count). The van der Waals surface area contributed by atoms with E-state index in [1.807, 2.05) is 44.2 Å². The van der Waals surface area contributed by atoms with E-state index in [1.165, 1.54) is 0 Å². The van der Waals surface area contributed by atoms with Crippen LogP contribution < -0.4 is 0 Å². The van der Waals surface area contributed by atoms with Crippen molar-refractivity contribution < 1.29 is 23.7 Å². The van der Waals surface area contributed by atoms with Crippen LogP contribution in [-0.4, -0.2) is 36.7 Å². The molecule has 5 nitrogen and oxygen atoms in total. The maximum Gasteiger partial charge on any atom is 0.187 e. The number of fused-ring (bicyclic) bond motifs is 1. The molecule has 0 aliphatic carbocycles. The molecule has 5 heteroatoms. The fraction of sp³-hybridized carbons (Fsp3) is 0.533. The van der Waals surface area contributed by atoms with Crippen LogP contribution in [0.25, 0.3) is 0 Å². The summed E-state index contributed by atoms with van der Waals surface area (Å²) in [5, 5.41) is 0. The Bertz CT molecular complexity index is 472. The van der Waals surface area contributed by atoms with Crippen LogP contribution in [0.4, 0.5) is 0 Å². The zero-order valence-electron chi connectivity index (χ0n) is 11.5. The second-order valence-electron chi connectivity index (χ2n) is 5.47. The van der Waals surface area contributed by atoms with Gasteiger partial charge in [-0.15, -0.1) is 0 Å². The Labute approximate surface area is 117 Å². The second-order valence-corrected chi connectivity index (χ2v) is 5.47. The molecule has 0 aromatic heterocycles. The fourth-order valence-corrected chi connectivity index (χ4v) is 2.59. The normalized spacial score (nSPS) is 34.9. The largest absolute Gasteiger partial charge is 0.345 e. The van der Waals surface area contributed by atoms with Gasteiger partial charge in [0, 0.05) is 0 Å². The monoisotopic (exact) mass is 278 g/mol. The van der Waals surface area contributed by atoms with Gasteiger partial charge in [0.05, 0.1) is 6.61 Å². The summed E-state index contributed by atoms with van der Waals surface area (Å²) in [4.78, 5) is 11.1. The van der Waals surface area contributed by atoms with E-state index in [4.69, 9.17) is 18.9 Å². The van der Waals surface area contributed by atoms with Crippen LogP contribution in [0.1, 0.15) is 19.4 Å². The number of hydrogen-bond donors (Lipinski definition) is 0. The molecule has 0 bridgehead atoms. The lowest BCUT2D eigenvalue weighted by atomic mass is 10.1. The average Bonchev–Trinajstić information content (AvgIpc) is 2.91. The average molecular weight is 278 g/mol. The minimum absolute atomic E-state index is 0.371. The third kappa shape index (κ3) is 2.62. The summed E-state index contributed by atoms with van der Waals surface area (Å²) in [5.74, 6) is -0.714. The van der Waals surface area contributed by atoms with Crippen molar-refractivity contribution in [2.45, 2.75) is 50.8 Å². The van der Waals surface area contributed by atoms with Crippen LogP contribution in [0.5, 0.6) is 0 Å². The Morgan fingerprint density at radius 1 is 1.20 bits per heavy atom.